The first-order valence-electron chi connectivity index (χ1n) is 8.75. The number of nitrogens with zero attached hydrogens (tertiary/aromatic N) is 1. The first-order chi connectivity index (χ1) is 12.5. The van der Waals surface area contributed by atoms with Crippen LogP contribution in [0.4, 0.5) is 0 Å². The average molecular weight is 418 g/mol. The van der Waals surface area contributed by atoms with Crippen molar-refractivity contribution in [3.63, 3.8) is 0 Å². The fraction of sp³-hybridized carbons (Fsp3) is 0.474. The standard InChI is InChI=1S/C19H23Cl3N2O2/c1-13-10-15(26-24-13)6-4-2-3-5-7-16-17(21)11-14(12-18(16)22)19(25)23-9-8-20/h10-12H,2-9H2,1H3,(H,23,25). The normalized spacial score (nSPS) is 10.9. The van der Waals surface area contributed by atoms with E-state index >= 15 is 0 Å². The summed E-state index contributed by atoms with van der Waals surface area (Å²) in [6.45, 7) is 2.33. The van der Waals surface area contributed by atoms with Crippen LogP contribution in [0, 0.1) is 6.92 Å². The van der Waals surface area contributed by atoms with Gasteiger partial charge in [0.15, 0.2) is 0 Å². The van der Waals surface area contributed by atoms with E-state index in [1.807, 2.05) is 13.0 Å². The summed E-state index contributed by atoms with van der Waals surface area (Å²) >= 11 is 18.2. The first kappa shape index (κ1) is 21.1. The van der Waals surface area contributed by atoms with Crippen LogP contribution in [0.15, 0.2) is 22.7 Å². The molecule has 2 rings (SSSR count). The molecule has 0 aliphatic heterocycles. The van der Waals surface area contributed by atoms with E-state index in [9.17, 15) is 4.79 Å². The van der Waals surface area contributed by atoms with E-state index in [0.717, 1.165) is 55.5 Å². The molecular formula is C19H23Cl3N2O2. The maximum atomic E-state index is 12.0. The molecule has 26 heavy (non-hydrogen) atoms. The van der Waals surface area contributed by atoms with Gasteiger partial charge in [0.25, 0.3) is 5.91 Å². The predicted molar refractivity (Wildman–Crippen MR) is 107 cm³/mol. The second kappa shape index (κ2) is 10.8. The van der Waals surface area contributed by atoms with Crippen molar-refractivity contribution in [1.82, 2.24) is 10.5 Å². The topological polar surface area (TPSA) is 55.1 Å². The fourth-order valence-electron chi connectivity index (χ4n) is 2.72. The van der Waals surface area contributed by atoms with Crippen molar-refractivity contribution in [2.75, 3.05) is 12.4 Å². The summed E-state index contributed by atoms with van der Waals surface area (Å²) in [7, 11) is 0. The van der Waals surface area contributed by atoms with Gasteiger partial charge in [-0.25, -0.2) is 0 Å². The molecule has 0 radical (unpaired) electrons. The van der Waals surface area contributed by atoms with Gasteiger partial charge in [0.2, 0.25) is 0 Å². The van der Waals surface area contributed by atoms with Crippen LogP contribution in [0.3, 0.4) is 0 Å². The highest BCUT2D eigenvalue weighted by molar-refractivity contribution is 6.36. The molecule has 1 aromatic heterocycles. The maximum Gasteiger partial charge on any atom is 0.251 e. The lowest BCUT2D eigenvalue weighted by Gasteiger charge is -2.10. The molecule has 1 N–H and O–H groups in total. The maximum absolute atomic E-state index is 12.0. The molecular weight excluding hydrogens is 395 g/mol. The Bertz CT molecular complexity index is 708. The van der Waals surface area contributed by atoms with Gasteiger partial charge in [0, 0.05) is 40.5 Å². The largest absolute Gasteiger partial charge is 0.361 e. The number of carbonyl (C=O) groups is 1. The molecule has 1 amide bonds. The smallest absolute Gasteiger partial charge is 0.251 e. The van der Waals surface area contributed by atoms with Gasteiger partial charge < -0.3 is 9.84 Å². The average Bonchev–Trinajstić information content (AvgIpc) is 3.02. The van der Waals surface area contributed by atoms with E-state index < -0.39 is 0 Å². The molecule has 142 valence electrons. The van der Waals surface area contributed by atoms with Gasteiger partial charge in [-0.05, 0) is 43.9 Å². The number of carbonyl (C=O) groups excluding carboxylic acids is 1. The second-order valence-electron chi connectivity index (χ2n) is 6.21. The molecule has 0 atom stereocenters. The van der Waals surface area contributed by atoms with Crippen LogP contribution in [-0.2, 0) is 12.8 Å². The van der Waals surface area contributed by atoms with Crippen molar-refractivity contribution in [3.8, 4) is 0 Å². The lowest BCUT2D eigenvalue weighted by atomic mass is 10.0. The van der Waals surface area contributed by atoms with Gasteiger partial charge in [0.05, 0.1) is 5.69 Å². The van der Waals surface area contributed by atoms with Gasteiger partial charge >= 0.3 is 0 Å². The number of nitrogens with one attached hydrogen (secondary N) is 1. The highest BCUT2D eigenvalue weighted by atomic mass is 35.5. The molecule has 0 unspecified atom stereocenters. The zero-order valence-electron chi connectivity index (χ0n) is 14.8. The number of unbranched alkanes of at least 4 members (excludes halogenated alkanes) is 3. The third kappa shape index (κ3) is 6.49. The number of aryl methyl sites for hydroxylation is 2. The van der Waals surface area contributed by atoms with Crippen molar-refractivity contribution in [3.05, 3.63) is 50.8 Å². The molecule has 7 heteroatoms. The molecule has 2 aromatic rings. The summed E-state index contributed by atoms with van der Waals surface area (Å²) in [4.78, 5) is 12.0. The third-order valence-corrected chi connectivity index (χ3v) is 4.92. The van der Waals surface area contributed by atoms with Crippen LogP contribution < -0.4 is 5.32 Å². The zero-order valence-corrected chi connectivity index (χ0v) is 17.1. The highest BCUT2D eigenvalue weighted by Gasteiger charge is 2.12. The van der Waals surface area contributed by atoms with Gasteiger partial charge in [-0.2, -0.15) is 0 Å². The van der Waals surface area contributed by atoms with Gasteiger partial charge in [-0.15, -0.1) is 11.6 Å². The number of benzene rings is 1. The Morgan fingerprint density at radius 2 is 1.73 bits per heavy atom. The molecule has 1 aromatic carbocycles. The Labute approximate surface area is 169 Å². The number of amides is 1. The Kier molecular flexibility index (Phi) is 8.76. The molecule has 0 bridgehead atoms. The molecule has 0 fully saturated rings. The van der Waals surface area contributed by atoms with Crippen LogP contribution in [0.25, 0.3) is 0 Å². The summed E-state index contributed by atoms with van der Waals surface area (Å²) in [5.41, 5.74) is 2.27. The Morgan fingerprint density at radius 3 is 2.31 bits per heavy atom. The van der Waals surface area contributed by atoms with E-state index in [2.05, 4.69) is 10.5 Å². The molecule has 0 aliphatic carbocycles. The minimum atomic E-state index is -0.219. The quantitative estimate of drug-likeness (QED) is 0.404. The molecule has 1 heterocycles. The van der Waals surface area contributed by atoms with Crippen LogP contribution in [0.2, 0.25) is 10.0 Å². The lowest BCUT2D eigenvalue weighted by molar-refractivity contribution is 0.0956. The van der Waals surface area contributed by atoms with Crippen LogP contribution in [0.1, 0.15) is 53.1 Å². The van der Waals surface area contributed by atoms with E-state index in [1.165, 1.54) is 0 Å². The zero-order chi connectivity index (χ0) is 18.9. The number of aromatic nitrogens is 1. The van der Waals surface area contributed by atoms with Crippen molar-refractivity contribution in [2.45, 2.75) is 45.4 Å². The van der Waals surface area contributed by atoms with E-state index in [1.54, 1.807) is 12.1 Å². The van der Waals surface area contributed by atoms with Crippen LogP contribution >= 0.6 is 34.8 Å². The number of halogens is 3. The second-order valence-corrected chi connectivity index (χ2v) is 7.40. The minimum Gasteiger partial charge on any atom is -0.361 e. The molecule has 0 saturated carbocycles. The lowest BCUT2D eigenvalue weighted by Crippen LogP contribution is -2.25. The number of hydrogen-bond acceptors (Lipinski definition) is 3. The van der Waals surface area contributed by atoms with Gasteiger partial charge in [-0.3, -0.25) is 4.79 Å². The summed E-state index contributed by atoms with van der Waals surface area (Å²) in [6, 6.07) is 5.31. The monoisotopic (exact) mass is 416 g/mol. The SMILES string of the molecule is Cc1cc(CCCCCCc2c(Cl)cc(C(=O)NCCCl)cc2Cl)on1. The summed E-state index contributed by atoms with van der Waals surface area (Å²) in [5.74, 6) is 1.08. The Hall–Kier alpha value is -1.23. The number of hydrogen-bond donors (Lipinski definition) is 1. The Morgan fingerprint density at radius 1 is 1.08 bits per heavy atom. The Balaban J connectivity index is 1.77. The van der Waals surface area contributed by atoms with E-state index in [4.69, 9.17) is 39.3 Å². The molecule has 0 saturated heterocycles. The fourth-order valence-corrected chi connectivity index (χ4v) is 3.50. The molecule has 0 spiro atoms. The summed E-state index contributed by atoms with van der Waals surface area (Å²) < 4.78 is 5.20. The minimum absolute atomic E-state index is 0.219. The molecule has 4 nitrogen and oxygen atoms in total. The number of rotatable bonds is 10. The predicted octanol–water partition coefficient (Wildman–Crippen LogP) is 5.60. The number of alkyl halides is 1. The van der Waals surface area contributed by atoms with Crippen molar-refractivity contribution in [2.24, 2.45) is 0 Å². The van der Waals surface area contributed by atoms with E-state index in [-0.39, 0.29) is 5.91 Å². The van der Waals surface area contributed by atoms with Gasteiger partial charge in [-0.1, -0.05) is 41.2 Å². The van der Waals surface area contributed by atoms with Crippen molar-refractivity contribution < 1.29 is 9.32 Å². The van der Waals surface area contributed by atoms with Crippen LogP contribution in [0.5, 0.6) is 0 Å². The van der Waals surface area contributed by atoms with Crippen molar-refractivity contribution in [1.29, 1.82) is 0 Å². The molecule has 0 aliphatic rings. The highest BCUT2D eigenvalue weighted by Crippen LogP contribution is 2.28. The van der Waals surface area contributed by atoms with Gasteiger partial charge in [0.1, 0.15) is 5.76 Å². The van der Waals surface area contributed by atoms with E-state index in [0.29, 0.717) is 28.0 Å². The summed E-state index contributed by atoms with van der Waals surface area (Å²) in [6.07, 6.45) is 5.95. The summed E-state index contributed by atoms with van der Waals surface area (Å²) in [5, 5.41) is 7.66. The first-order valence-corrected chi connectivity index (χ1v) is 10.0. The third-order valence-electron chi connectivity index (χ3n) is 4.06. The van der Waals surface area contributed by atoms with Crippen LogP contribution in [-0.4, -0.2) is 23.5 Å². The van der Waals surface area contributed by atoms with Crippen molar-refractivity contribution >= 4 is 40.7 Å².